The Morgan fingerprint density at radius 1 is 1.23 bits per heavy atom. The number of aromatic nitrogens is 4. The van der Waals surface area contributed by atoms with Crippen LogP contribution in [0.15, 0.2) is 12.7 Å². The Bertz CT molecular complexity index is 779. The van der Waals surface area contributed by atoms with E-state index in [2.05, 4.69) is 25.2 Å². The van der Waals surface area contributed by atoms with E-state index in [0.717, 1.165) is 49.7 Å². The molecule has 2 unspecified atom stereocenters. The summed E-state index contributed by atoms with van der Waals surface area (Å²) in [7, 11) is 1.69. The van der Waals surface area contributed by atoms with Gasteiger partial charge in [-0.05, 0) is 6.92 Å². The molecule has 0 saturated carbocycles. The molecule has 4 rings (SSSR count). The van der Waals surface area contributed by atoms with E-state index in [9.17, 15) is 4.79 Å². The molecule has 140 valence electrons. The van der Waals surface area contributed by atoms with Crippen LogP contribution in [0, 0.1) is 11.8 Å². The van der Waals surface area contributed by atoms with Gasteiger partial charge in [0, 0.05) is 58.2 Å². The lowest BCUT2D eigenvalue weighted by Crippen LogP contribution is -2.40. The summed E-state index contributed by atoms with van der Waals surface area (Å²) >= 11 is 0. The topological polar surface area (TPSA) is 88.4 Å². The third-order valence-corrected chi connectivity index (χ3v) is 5.32. The average molecular weight is 359 g/mol. The zero-order valence-electron chi connectivity index (χ0n) is 15.3. The molecule has 2 aliphatic heterocycles. The minimum atomic E-state index is 0.0507. The fourth-order valence-corrected chi connectivity index (χ4v) is 4.05. The first kappa shape index (κ1) is 17.0. The van der Waals surface area contributed by atoms with E-state index in [1.54, 1.807) is 19.8 Å². The fourth-order valence-electron chi connectivity index (χ4n) is 4.05. The predicted octanol–water partition coefficient (Wildman–Crippen LogP) is 0.570. The molecule has 1 N–H and O–H groups in total. The van der Waals surface area contributed by atoms with Gasteiger partial charge in [-0.1, -0.05) is 0 Å². The second kappa shape index (κ2) is 7.06. The number of methoxy groups -OCH3 is 1. The van der Waals surface area contributed by atoms with Crippen molar-refractivity contribution in [2.75, 3.05) is 51.3 Å². The molecule has 4 heterocycles. The normalized spacial score (nSPS) is 22.2. The lowest BCUT2D eigenvalue weighted by Gasteiger charge is -2.22. The maximum absolute atomic E-state index is 12.0. The number of imidazole rings is 1. The number of urea groups is 1. The van der Waals surface area contributed by atoms with Gasteiger partial charge < -0.3 is 24.4 Å². The molecular formula is C17H25N7O2. The predicted molar refractivity (Wildman–Crippen MR) is 97.0 cm³/mol. The van der Waals surface area contributed by atoms with Crippen molar-refractivity contribution in [2.45, 2.75) is 13.5 Å². The first-order valence-corrected chi connectivity index (χ1v) is 9.13. The van der Waals surface area contributed by atoms with Gasteiger partial charge in [-0.3, -0.25) is 0 Å². The Balaban J connectivity index is 1.49. The van der Waals surface area contributed by atoms with Gasteiger partial charge in [-0.25, -0.2) is 19.7 Å². The minimum absolute atomic E-state index is 0.0507. The molecule has 2 aromatic rings. The highest BCUT2D eigenvalue weighted by Gasteiger charge is 2.42. The van der Waals surface area contributed by atoms with Gasteiger partial charge in [-0.2, -0.15) is 0 Å². The number of carbonyl (C=O) groups excluding carboxylic acids is 1. The summed E-state index contributed by atoms with van der Waals surface area (Å²) < 4.78 is 7.15. The molecule has 0 aromatic carbocycles. The van der Waals surface area contributed by atoms with Crippen molar-refractivity contribution in [1.29, 1.82) is 0 Å². The van der Waals surface area contributed by atoms with Gasteiger partial charge in [0.05, 0.1) is 12.9 Å². The monoisotopic (exact) mass is 359 g/mol. The first-order valence-electron chi connectivity index (χ1n) is 9.13. The molecule has 0 aliphatic carbocycles. The minimum Gasteiger partial charge on any atom is -0.383 e. The highest BCUT2D eigenvalue weighted by molar-refractivity contribution is 5.83. The molecule has 2 amide bonds. The number of carbonyl (C=O) groups is 1. The fraction of sp³-hybridized carbons (Fsp3) is 0.647. The summed E-state index contributed by atoms with van der Waals surface area (Å²) in [6, 6.07) is 0.0507. The van der Waals surface area contributed by atoms with E-state index in [1.165, 1.54) is 0 Å². The lowest BCUT2D eigenvalue weighted by molar-refractivity contribution is 0.188. The Morgan fingerprint density at radius 2 is 2.00 bits per heavy atom. The molecule has 2 aliphatic rings. The zero-order chi connectivity index (χ0) is 18.1. The van der Waals surface area contributed by atoms with Crippen molar-refractivity contribution in [3.05, 3.63) is 12.7 Å². The van der Waals surface area contributed by atoms with Crippen LogP contribution in [0.2, 0.25) is 0 Å². The van der Waals surface area contributed by atoms with Crippen LogP contribution in [0.5, 0.6) is 0 Å². The van der Waals surface area contributed by atoms with Gasteiger partial charge >= 0.3 is 6.03 Å². The van der Waals surface area contributed by atoms with Crippen LogP contribution in [0.1, 0.15) is 6.92 Å². The number of nitrogens with zero attached hydrogens (tertiary/aromatic N) is 6. The first-order chi connectivity index (χ1) is 12.7. The largest absolute Gasteiger partial charge is 0.383 e. The van der Waals surface area contributed by atoms with E-state index in [1.807, 2.05) is 16.4 Å². The third-order valence-electron chi connectivity index (χ3n) is 5.32. The van der Waals surface area contributed by atoms with Crippen LogP contribution in [0.4, 0.5) is 10.6 Å². The number of hydrogen-bond donors (Lipinski definition) is 1. The number of amides is 2. The van der Waals surface area contributed by atoms with E-state index < -0.39 is 0 Å². The summed E-state index contributed by atoms with van der Waals surface area (Å²) in [6.45, 7) is 7.37. The molecule has 0 radical (unpaired) electrons. The maximum Gasteiger partial charge on any atom is 0.317 e. The Hall–Kier alpha value is -2.42. The summed E-state index contributed by atoms with van der Waals surface area (Å²) in [5.41, 5.74) is 1.68. The molecule has 9 heteroatoms. The van der Waals surface area contributed by atoms with Crippen LogP contribution >= 0.6 is 0 Å². The smallest absolute Gasteiger partial charge is 0.317 e. The molecule has 2 saturated heterocycles. The van der Waals surface area contributed by atoms with Crippen molar-refractivity contribution in [3.8, 4) is 0 Å². The standard InChI is InChI=1S/C17H25N7O2/c1-3-18-17(25)24-8-12-6-23(7-13(12)9-24)16-14-15(19-10-20-16)22(11-21-14)4-5-26-2/h10-13H,3-9H2,1-2H3,(H,18,25). The molecule has 2 atom stereocenters. The van der Waals surface area contributed by atoms with Crippen molar-refractivity contribution in [2.24, 2.45) is 11.8 Å². The number of anilines is 1. The summed E-state index contributed by atoms with van der Waals surface area (Å²) in [5.74, 6) is 1.86. The highest BCUT2D eigenvalue weighted by atomic mass is 16.5. The van der Waals surface area contributed by atoms with Crippen LogP contribution in [-0.4, -0.2) is 76.9 Å². The van der Waals surface area contributed by atoms with E-state index in [4.69, 9.17) is 4.74 Å². The molecule has 2 fully saturated rings. The third kappa shape index (κ3) is 2.96. The van der Waals surface area contributed by atoms with Crippen molar-refractivity contribution in [3.63, 3.8) is 0 Å². The summed E-state index contributed by atoms with van der Waals surface area (Å²) in [6.07, 6.45) is 3.41. The number of rotatable bonds is 5. The Kier molecular flexibility index (Phi) is 4.62. The van der Waals surface area contributed by atoms with Crippen LogP contribution in [0.25, 0.3) is 11.2 Å². The van der Waals surface area contributed by atoms with Gasteiger partial charge in [0.1, 0.15) is 6.33 Å². The molecule has 26 heavy (non-hydrogen) atoms. The average Bonchev–Trinajstić information content (AvgIpc) is 3.32. The molecule has 2 aromatic heterocycles. The maximum atomic E-state index is 12.0. The van der Waals surface area contributed by atoms with E-state index in [0.29, 0.717) is 25.0 Å². The van der Waals surface area contributed by atoms with E-state index >= 15 is 0 Å². The lowest BCUT2D eigenvalue weighted by atomic mass is 10.0. The zero-order valence-corrected chi connectivity index (χ0v) is 15.3. The molecule has 0 spiro atoms. The highest BCUT2D eigenvalue weighted by Crippen LogP contribution is 2.35. The van der Waals surface area contributed by atoms with Crippen molar-refractivity contribution in [1.82, 2.24) is 29.7 Å². The van der Waals surface area contributed by atoms with Gasteiger partial charge in [0.25, 0.3) is 0 Å². The van der Waals surface area contributed by atoms with E-state index in [-0.39, 0.29) is 6.03 Å². The Morgan fingerprint density at radius 3 is 2.69 bits per heavy atom. The SMILES string of the molecule is CCNC(=O)N1CC2CN(c3ncnc4c3ncn4CCOC)CC2C1. The quantitative estimate of drug-likeness (QED) is 0.840. The van der Waals surface area contributed by atoms with Crippen LogP contribution < -0.4 is 10.2 Å². The second-order valence-electron chi connectivity index (χ2n) is 6.97. The molecule has 9 nitrogen and oxygen atoms in total. The Labute approximate surface area is 152 Å². The number of nitrogens with one attached hydrogen (secondary N) is 1. The second-order valence-corrected chi connectivity index (χ2v) is 6.97. The van der Waals surface area contributed by atoms with Gasteiger partial charge in [0.15, 0.2) is 17.0 Å². The number of likely N-dealkylation sites (tertiary alicyclic amines) is 1. The summed E-state index contributed by atoms with van der Waals surface area (Å²) in [5, 5.41) is 2.89. The molecular weight excluding hydrogens is 334 g/mol. The molecule has 0 bridgehead atoms. The summed E-state index contributed by atoms with van der Waals surface area (Å²) in [4.78, 5) is 29.7. The van der Waals surface area contributed by atoms with Crippen molar-refractivity contribution < 1.29 is 9.53 Å². The van der Waals surface area contributed by atoms with Gasteiger partial charge in [-0.15, -0.1) is 0 Å². The number of hydrogen-bond acceptors (Lipinski definition) is 6. The van der Waals surface area contributed by atoms with Crippen LogP contribution in [0.3, 0.4) is 0 Å². The number of fused-ring (bicyclic) bond motifs is 2. The van der Waals surface area contributed by atoms with Gasteiger partial charge in [0.2, 0.25) is 0 Å². The van der Waals surface area contributed by atoms with Crippen LogP contribution in [-0.2, 0) is 11.3 Å². The van der Waals surface area contributed by atoms with Crippen molar-refractivity contribution >= 4 is 23.0 Å². The number of ether oxygens (including phenoxy) is 1.